The molecule has 1 fully saturated rings. The fourth-order valence-electron chi connectivity index (χ4n) is 5.23. The van der Waals surface area contributed by atoms with Crippen LogP contribution in [0, 0.1) is 0 Å². The lowest BCUT2D eigenvalue weighted by molar-refractivity contribution is 0.184. The molecule has 0 bridgehead atoms. The van der Waals surface area contributed by atoms with Crippen molar-refractivity contribution < 1.29 is 4.79 Å². The second kappa shape index (κ2) is 8.75. The van der Waals surface area contributed by atoms with Gasteiger partial charge in [0.15, 0.2) is 0 Å². The minimum Gasteiger partial charge on any atom is -0.358 e. The van der Waals surface area contributed by atoms with E-state index in [9.17, 15) is 4.79 Å². The summed E-state index contributed by atoms with van der Waals surface area (Å²) in [7, 11) is 2.22. The van der Waals surface area contributed by atoms with Gasteiger partial charge < -0.3 is 15.2 Å². The number of aromatic amines is 1. The first kappa shape index (κ1) is 20.1. The SMILES string of the molecule is CN(Cc1ccccc1NC(=O)N1CCc2[nH]c3ccccc3c2C1)C1CCCCC1. The van der Waals surface area contributed by atoms with Gasteiger partial charge in [0.25, 0.3) is 0 Å². The molecule has 1 aliphatic carbocycles. The van der Waals surface area contributed by atoms with E-state index in [1.54, 1.807) is 0 Å². The fourth-order valence-corrected chi connectivity index (χ4v) is 5.23. The van der Waals surface area contributed by atoms with Crippen molar-refractivity contribution >= 4 is 22.6 Å². The molecule has 2 amide bonds. The summed E-state index contributed by atoms with van der Waals surface area (Å²) in [6.45, 7) is 2.25. The average molecular weight is 417 g/mol. The Kier molecular flexibility index (Phi) is 5.68. The first-order valence-corrected chi connectivity index (χ1v) is 11.6. The predicted molar refractivity (Wildman–Crippen MR) is 126 cm³/mol. The van der Waals surface area contributed by atoms with Crippen LogP contribution in [0.2, 0.25) is 0 Å². The highest BCUT2D eigenvalue weighted by Gasteiger charge is 2.25. The number of hydrogen-bond donors (Lipinski definition) is 2. The number of hydrogen-bond acceptors (Lipinski definition) is 2. The number of amides is 2. The van der Waals surface area contributed by atoms with Gasteiger partial charge in [-0.15, -0.1) is 0 Å². The number of carbonyl (C=O) groups excluding carboxylic acids is 1. The molecule has 5 heteroatoms. The summed E-state index contributed by atoms with van der Waals surface area (Å²) >= 11 is 0. The maximum absolute atomic E-state index is 13.2. The van der Waals surface area contributed by atoms with E-state index in [1.165, 1.54) is 54.3 Å². The van der Waals surface area contributed by atoms with Crippen LogP contribution in [0.15, 0.2) is 48.5 Å². The van der Waals surface area contributed by atoms with Crippen LogP contribution in [0.25, 0.3) is 10.9 Å². The number of urea groups is 1. The second-order valence-electron chi connectivity index (χ2n) is 9.09. The largest absolute Gasteiger partial charge is 0.358 e. The van der Waals surface area contributed by atoms with Crippen molar-refractivity contribution in [2.45, 2.75) is 57.7 Å². The van der Waals surface area contributed by atoms with E-state index in [1.807, 2.05) is 17.0 Å². The maximum Gasteiger partial charge on any atom is 0.322 e. The molecular formula is C26H32N4O. The number of nitrogens with one attached hydrogen (secondary N) is 2. The van der Waals surface area contributed by atoms with Crippen molar-refractivity contribution in [3.63, 3.8) is 0 Å². The number of nitrogens with zero attached hydrogens (tertiary/aromatic N) is 2. The van der Waals surface area contributed by atoms with Gasteiger partial charge in [0.1, 0.15) is 0 Å². The number of rotatable bonds is 4. The Labute approximate surface area is 184 Å². The molecule has 0 radical (unpaired) electrons. The minimum atomic E-state index is -0.0105. The van der Waals surface area contributed by atoms with Crippen LogP contribution in [0.3, 0.4) is 0 Å². The topological polar surface area (TPSA) is 51.4 Å². The zero-order valence-corrected chi connectivity index (χ0v) is 18.4. The summed E-state index contributed by atoms with van der Waals surface area (Å²) in [6.07, 6.45) is 7.46. The molecule has 2 N–H and O–H groups in total. The van der Waals surface area contributed by atoms with E-state index in [-0.39, 0.29) is 6.03 Å². The molecule has 5 nitrogen and oxygen atoms in total. The molecule has 162 valence electrons. The Morgan fingerprint density at radius 3 is 2.74 bits per heavy atom. The number of aromatic nitrogens is 1. The highest BCUT2D eigenvalue weighted by atomic mass is 16.2. The van der Waals surface area contributed by atoms with Crippen LogP contribution < -0.4 is 5.32 Å². The van der Waals surface area contributed by atoms with Gasteiger partial charge in [-0.2, -0.15) is 0 Å². The third kappa shape index (κ3) is 4.19. The summed E-state index contributed by atoms with van der Waals surface area (Å²) in [4.78, 5) is 21.1. The Hall–Kier alpha value is -2.79. The number of para-hydroxylation sites is 2. The lowest BCUT2D eigenvalue weighted by atomic mass is 9.94. The third-order valence-electron chi connectivity index (χ3n) is 7.05. The average Bonchev–Trinajstić information content (AvgIpc) is 3.19. The monoisotopic (exact) mass is 416 g/mol. The first-order valence-electron chi connectivity index (χ1n) is 11.6. The quantitative estimate of drug-likeness (QED) is 0.588. The number of anilines is 1. The second-order valence-corrected chi connectivity index (χ2v) is 9.09. The minimum absolute atomic E-state index is 0.0105. The summed E-state index contributed by atoms with van der Waals surface area (Å²) in [5.74, 6) is 0. The lowest BCUT2D eigenvalue weighted by Crippen LogP contribution is -2.39. The van der Waals surface area contributed by atoms with Crippen molar-refractivity contribution in [2.24, 2.45) is 0 Å². The van der Waals surface area contributed by atoms with Crippen LogP contribution in [-0.4, -0.2) is 40.4 Å². The van der Waals surface area contributed by atoms with E-state index < -0.39 is 0 Å². The van der Waals surface area contributed by atoms with Gasteiger partial charge in [-0.3, -0.25) is 4.90 Å². The molecule has 5 rings (SSSR count). The van der Waals surface area contributed by atoms with Crippen LogP contribution in [-0.2, 0) is 19.5 Å². The summed E-state index contributed by atoms with van der Waals surface area (Å²) < 4.78 is 0. The molecule has 31 heavy (non-hydrogen) atoms. The fraction of sp³-hybridized carbons (Fsp3) is 0.423. The molecule has 0 unspecified atom stereocenters. The molecule has 2 aliphatic rings. The Morgan fingerprint density at radius 1 is 1.10 bits per heavy atom. The molecule has 2 aromatic carbocycles. The van der Waals surface area contributed by atoms with Gasteiger partial charge >= 0.3 is 6.03 Å². The Bertz CT molecular complexity index is 1070. The van der Waals surface area contributed by atoms with E-state index in [0.29, 0.717) is 12.6 Å². The van der Waals surface area contributed by atoms with Crippen molar-refractivity contribution in [1.29, 1.82) is 0 Å². The van der Waals surface area contributed by atoms with E-state index in [4.69, 9.17) is 0 Å². The van der Waals surface area contributed by atoms with E-state index >= 15 is 0 Å². The molecule has 2 heterocycles. The molecule has 3 aromatic rings. The smallest absolute Gasteiger partial charge is 0.322 e. The first-order chi connectivity index (χ1) is 15.2. The molecule has 1 aliphatic heterocycles. The molecular weight excluding hydrogens is 384 g/mol. The zero-order chi connectivity index (χ0) is 21.2. The number of fused-ring (bicyclic) bond motifs is 3. The van der Waals surface area contributed by atoms with Crippen molar-refractivity contribution in [1.82, 2.24) is 14.8 Å². The predicted octanol–water partition coefficient (Wildman–Crippen LogP) is 5.52. The number of benzene rings is 2. The van der Waals surface area contributed by atoms with Gasteiger partial charge in [0.05, 0.1) is 0 Å². The summed E-state index contributed by atoms with van der Waals surface area (Å²) in [6, 6.07) is 17.3. The Morgan fingerprint density at radius 2 is 1.87 bits per heavy atom. The molecule has 1 saturated carbocycles. The molecule has 1 aromatic heterocycles. The maximum atomic E-state index is 13.2. The van der Waals surface area contributed by atoms with Crippen LogP contribution in [0.5, 0.6) is 0 Å². The number of carbonyl (C=O) groups is 1. The van der Waals surface area contributed by atoms with E-state index in [0.717, 1.165) is 30.7 Å². The summed E-state index contributed by atoms with van der Waals surface area (Å²) in [5, 5.41) is 4.44. The standard InChI is InChI=1S/C26H32N4O/c1-29(20-10-3-2-4-11-20)17-19-9-5-7-13-23(19)28-26(31)30-16-15-25-22(18-30)21-12-6-8-14-24(21)27-25/h5-9,12-14,20,27H,2-4,10-11,15-18H2,1H3,(H,28,31). The van der Waals surface area contributed by atoms with Gasteiger partial charge in [-0.05, 0) is 37.6 Å². The van der Waals surface area contributed by atoms with Gasteiger partial charge in [-0.1, -0.05) is 55.7 Å². The van der Waals surface area contributed by atoms with E-state index in [2.05, 4.69) is 58.6 Å². The van der Waals surface area contributed by atoms with Crippen molar-refractivity contribution in [2.75, 3.05) is 18.9 Å². The highest BCUT2D eigenvalue weighted by Crippen LogP contribution is 2.29. The molecule has 0 saturated heterocycles. The van der Waals surface area contributed by atoms with Crippen molar-refractivity contribution in [3.05, 3.63) is 65.4 Å². The van der Waals surface area contributed by atoms with Crippen LogP contribution in [0.4, 0.5) is 10.5 Å². The van der Waals surface area contributed by atoms with Gasteiger partial charge in [-0.25, -0.2) is 4.79 Å². The highest BCUT2D eigenvalue weighted by molar-refractivity contribution is 5.91. The Balaban J connectivity index is 1.29. The lowest BCUT2D eigenvalue weighted by Gasteiger charge is -2.32. The molecule has 0 atom stereocenters. The van der Waals surface area contributed by atoms with Gasteiger partial charge in [0.2, 0.25) is 0 Å². The third-order valence-corrected chi connectivity index (χ3v) is 7.05. The number of H-pyrrole nitrogens is 1. The zero-order valence-electron chi connectivity index (χ0n) is 18.4. The normalized spacial score (nSPS) is 17.2. The summed E-state index contributed by atoms with van der Waals surface area (Å²) in [5.41, 5.74) is 5.79. The van der Waals surface area contributed by atoms with Gasteiger partial charge in [0, 0.05) is 59.9 Å². The van der Waals surface area contributed by atoms with Crippen LogP contribution in [0.1, 0.15) is 48.9 Å². The van der Waals surface area contributed by atoms with Crippen LogP contribution >= 0.6 is 0 Å². The van der Waals surface area contributed by atoms with Crippen molar-refractivity contribution in [3.8, 4) is 0 Å². The molecule has 0 spiro atoms.